The van der Waals surface area contributed by atoms with Gasteiger partial charge in [-0.05, 0) is 60.0 Å². The quantitative estimate of drug-likeness (QED) is 0.153. The molecule has 232 valence electrons. The molecule has 6 rings (SSSR count). The zero-order valence-corrected chi connectivity index (χ0v) is 25.5. The van der Waals surface area contributed by atoms with Crippen LogP contribution >= 0.6 is 0 Å². The molecule has 2 aliphatic carbocycles. The molecular weight excluding hydrogens is 564 g/mol. The number of carbonyl (C=O) groups excluding carboxylic acids is 6. The molecule has 0 aromatic heterocycles. The fourth-order valence-electron chi connectivity index (χ4n) is 9.40. The Morgan fingerprint density at radius 3 is 2.21 bits per heavy atom. The molecule has 4 heterocycles. The van der Waals surface area contributed by atoms with Crippen molar-refractivity contribution in [3.05, 3.63) is 23.8 Å². The number of rotatable bonds is 3. The molecule has 0 radical (unpaired) electrons. The Morgan fingerprint density at radius 1 is 0.977 bits per heavy atom. The molecule has 2 spiro atoms. The van der Waals surface area contributed by atoms with Crippen LogP contribution in [0.25, 0.3) is 0 Å². The van der Waals surface area contributed by atoms with Crippen molar-refractivity contribution in [2.24, 2.45) is 16.2 Å². The highest BCUT2D eigenvalue weighted by Crippen LogP contribution is 2.82. The minimum absolute atomic E-state index is 0.0254. The van der Waals surface area contributed by atoms with Gasteiger partial charge in [-0.3, -0.25) is 19.2 Å². The third-order valence-corrected chi connectivity index (χ3v) is 11.6. The standard InChI is InChI=1S/C31H36O12/c1-10-14(2)20(34)40-18-13-28(12-11-19(33)41-25(28,6)7)15(3)30-22(39-17(5)32)26(8)21(35)29(27(18,30)9)23(36)38-16(4)31(29,43-30)24(37)42-26/h10,16,18,22H,3,11-13H2,1-2,4-9H3/b14-10+. The van der Waals surface area contributed by atoms with Gasteiger partial charge in [-0.15, -0.1) is 0 Å². The Kier molecular flexibility index (Phi) is 5.59. The largest absolute Gasteiger partial charge is 0.459 e. The van der Waals surface area contributed by atoms with Crippen molar-refractivity contribution >= 4 is 35.6 Å². The van der Waals surface area contributed by atoms with E-state index in [1.807, 2.05) is 0 Å². The normalized spacial score (nSPS) is 47.4. The van der Waals surface area contributed by atoms with Crippen LogP contribution in [-0.2, 0) is 57.2 Å². The summed E-state index contributed by atoms with van der Waals surface area (Å²) in [5.41, 5.74) is -12.8. The SMILES string of the molecule is C=C1C2(CCC(=O)OC2(C)C)CC(OC(=O)/C(C)=C/C)C2(C)C13OC14C(=O)OC(C)(C(=O)C12C(=O)OC4C)C3OC(C)=O. The van der Waals surface area contributed by atoms with Crippen molar-refractivity contribution in [1.29, 1.82) is 0 Å². The van der Waals surface area contributed by atoms with E-state index in [1.165, 1.54) is 20.8 Å². The highest BCUT2D eigenvalue weighted by Gasteiger charge is 3.03. The van der Waals surface area contributed by atoms with Gasteiger partial charge in [-0.2, -0.15) is 0 Å². The van der Waals surface area contributed by atoms with Gasteiger partial charge in [0.25, 0.3) is 0 Å². The number of Topliss-reactive ketones (excluding diaryl/α,β-unsaturated/α-hetero) is 1. The third-order valence-electron chi connectivity index (χ3n) is 11.6. The Labute approximate surface area is 248 Å². The molecule has 4 saturated heterocycles. The van der Waals surface area contributed by atoms with Gasteiger partial charge in [-0.1, -0.05) is 19.6 Å². The van der Waals surface area contributed by atoms with Crippen molar-refractivity contribution in [1.82, 2.24) is 0 Å². The molecule has 0 aromatic rings. The van der Waals surface area contributed by atoms with E-state index in [4.69, 9.17) is 28.4 Å². The van der Waals surface area contributed by atoms with Crippen LogP contribution in [0.5, 0.6) is 0 Å². The lowest BCUT2D eigenvalue weighted by Gasteiger charge is -2.68. The summed E-state index contributed by atoms with van der Waals surface area (Å²) in [7, 11) is 0. The molecule has 12 nitrogen and oxygen atoms in total. The predicted octanol–water partition coefficient (Wildman–Crippen LogP) is 2.20. The van der Waals surface area contributed by atoms with Crippen molar-refractivity contribution in [3.63, 3.8) is 0 Å². The second-order valence-corrected chi connectivity index (χ2v) is 13.5. The van der Waals surface area contributed by atoms with E-state index in [9.17, 15) is 28.8 Å². The Balaban J connectivity index is 1.76. The summed E-state index contributed by atoms with van der Waals surface area (Å²) >= 11 is 0. The third kappa shape index (κ3) is 2.71. The van der Waals surface area contributed by atoms with Gasteiger partial charge >= 0.3 is 29.8 Å². The van der Waals surface area contributed by atoms with E-state index in [0.29, 0.717) is 0 Å². The van der Waals surface area contributed by atoms with Gasteiger partial charge in [0.05, 0.1) is 5.41 Å². The molecule has 0 aromatic carbocycles. The van der Waals surface area contributed by atoms with E-state index < -0.39 is 92.6 Å². The summed E-state index contributed by atoms with van der Waals surface area (Å²) in [6.45, 7) is 16.4. The van der Waals surface area contributed by atoms with Crippen LogP contribution in [-0.4, -0.2) is 76.3 Å². The molecule has 6 fully saturated rings. The highest BCUT2D eigenvalue weighted by molar-refractivity contribution is 6.21. The first-order valence-corrected chi connectivity index (χ1v) is 14.4. The van der Waals surface area contributed by atoms with Crippen LogP contribution in [0.4, 0.5) is 0 Å². The minimum Gasteiger partial charge on any atom is -0.459 e. The van der Waals surface area contributed by atoms with Crippen LogP contribution in [0.2, 0.25) is 0 Å². The summed E-state index contributed by atoms with van der Waals surface area (Å²) in [6.07, 6.45) is -2.66. The lowest BCUT2D eigenvalue weighted by Crippen LogP contribution is -2.85. The zero-order chi connectivity index (χ0) is 31.9. The van der Waals surface area contributed by atoms with Gasteiger partial charge in [0, 0.05) is 24.3 Å². The molecule has 9 unspecified atom stereocenters. The van der Waals surface area contributed by atoms with Crippen LogP contribution in [0.3, 0.4) is 0 Å². The summed E-state index contributed by atoms with van der Waals surface area (Å²) in [4.78, 5) is 82.1. The van der Waals surface area contributed by atoms with Gasteiger partial charge in [0.15, 0.2) is 11.5 Å². The molecule has 12 heteroatoms. The fraction of sp³-hybridized carbons (Fsp3) is 0.677. The number of carbonyl (C=O) groups is 6. The number of cyclic esters (lactones) is 2. The van der Waals surface area contributed by atoms with Gasteiger partial charge in [0.2, 0.25) is 17.0 Å². The van der Waals surface area contributed by atoms with Crippen LogP contribution in [0.15, 0.2) is 23.8 Å². The zero-order valence-electron chi connectivity index (χ0n) is 25.5. The van der Waals surface area contributed by atoms with Gasteiger partial charge < -0.3 is 28.4 Å². The second kappa shape index (κ2) is 8.13. The molecule has 3 bridgehead atoms. The first-order chi connectivity index (χ1) is 19.8. The summed E-state index contributed by atoms with van der Waals surface area (Å²) in [5, 5.41) is 0. The van der Waals surface area contributed by atoms with Crippen molar-refractivity contribution in [3.8, 4) is 0 Å². The number of esters is 5. The molecule has 0 N–H and O–H groups in total. The van der Waals surface area contributed by atoms with E-state index in [0.717, 1.165) is 6.92 Å². The van der Waals surface area contributed by atoms with Crippen LogP contribution < -0.4 is 0 Å². The Morgan fingerprint density at radius 2 is 1.63 bits per heavy atom. The van der Waals surface area contributed by atoms with Crippen LogP contribution in [0.1, 0.15) is 74.7 Å². The first kappa shape index (κ1) is 29.5. The molecule has 4 aliphatic heterocycles. The average molecular weight is 601 g/mol. The van der Waals surface area contributed by atoms with Crippen molar-refractivity contribution in [2.45, 2.75) is 115 Å². The Bertz CT molecular complexity index is 1490. The highest BCUT2D eigenvalue weighted by atomic mass is 16.7. The lowest BCUT2D eigenvalue weighted by molar-refractivity contribution is -0.274. The number of hydrogen-bond acceptors (Lipinski definition) is 12. The molecule has 6 aliphatic rings. The number of allylic oxidation sites excluding steroid dienone is 1. The molecule has 2 saturated carbocycles. The topological polar surface area (TPSA) is 158 Å². The summed E-state index contributed by atoms with van der Waals surface area (Å²) < 4.78 is 36.4. The minimum atomic E-state index is -2.37. The van der Waals surface area contributed by atoms with E-state index in [-0.39, 0.29) is 30.4 Å². The van der Waals surface area contributed by atoms with E-state index >= 15 is 0 Å². The van der Waals surface area contributed by atoms with Gasteiger partial charge in [0.1, 0.15) is 23.4 Å². The lowest BCUT2D eigenvalue weighted by atomic mass is 9.35. The van der Waals surface area contributed by atoms with Gasteiger partial charge in [-0.25, -0.2) is 9.59 Å². The second-order valence-electron chi connectivity index (χ2n) is 13.5. The number of ketones is 1. The van der Waals surface area contributed by atoms with Crippen molar-refractivity contribution < 1.29 is 57.2 Å². The average Bonchev–Trinajstić information content (AvgIpc) is 3.23. The summed E-state index contributed by atoms with van der Waals surface area (Å²) in [6, 6.07) is 0. The van der Waals surface area contributed by atoms with E-state index in [1.54, 1.807) is 33.8 Å². The fourth-order valence-corrected chi connectivity index (χ4v) is 9.40. The maximum absolute atomic E-state index is 14.9. The molecular formula is C31H36O12. The number of fused-ring (bicyclic) bond motifs is 1. The predicted molar refractivity (Wildman–Crippen MR) is 143 cm³/mol. The number of hydrogen-bond donors (Lipinski definition) is 0. The van der Waals surface area contributed by atoms with Crippen molar-refractivity contribution in [2.75, 3.05) is 0 Å². The molecule has 9 atom stereocenters. The Hall–Kier alpha value is -3.54. The maximum Gasteiger partial charge on any atom is 0.345 e. The molecule has 43 heavy (non-hydrogen) atoms. The first-order valence-electron chi connectivity index (χ1n) is 14.4. The molecule has 0 amide bonds. The smallest absolute Gasteiger partial charge is 0.345 e. The number of ether oxygens (including phenoxy) is 6. The summed E-state index contributed by atoms with van der Waals surface area (Å²) in [5.74, 6) is -4.95. The maximum atomic E-state index is 14.9. The van der Waals surface area contributed by atoms with E-state index in [2.05, 4.69) is 6.58 Å². The van der Waals surface area contributed by atoms with Crippen LogP contribution in [0, 0.1) is 16.2 Å². The monoisotopic (exact) mass is 600 g/mol.